The van der Waals surface area contributed by atoms with Gasteiger partial charge in [-0.3, -0.25) is 0 Å². The zero-order chi connectivity index (χ0) is 8.15. The van der Waals surface area contributed by atoms with Crippen LogP contribution in [0.15, 0.2) is 0 Å². The Bertz CT molecular complexity index is 118. The Morgan fingerprint density at radius 3 is 2.50 bits per heavy atom. The van der Waals surface area contributed by atoms with Crippen molar-refractivity contribution in [2.24, 2.45) is 5.73 Å². The number of nitrogens with zero attached hydrogens (tertiary/aromatic N) is 1. The quantitative estimate of drug-likeness (QED) is 0.531. The summed E-state index contributed by atoms with van der Waals surface area (Å²) in [6.07, 6.45) is 0. The Kier molecular flexibility index (Phi) is 4.80. The Labute approximate surface area is 63.7 Å². The first-order valence-electron chi connectivity index (χ1n) is 3.00. The third kappa shape index (κ3) is 6.15. The summed E-state index contributed by atoms with van der Waals surface area (Å²) < 4.78 is 18.6. The number of hydrogen-bond donors (Lipinski definition) is 2. The van der Waals surface area contributed by atoms with E-state index in [1.807, 2.05) is 19.0 Å². The molecule has 0 heterocycles. The van der Waals surface area contributed by atoms with Crippen LogP contribution >= 0.6 is 0 Å². The molecule has 0 radical (unpaired) electrons. The van der Waals surface area contributed by atoms with Crippen LogP contribution in [0, 0.1) is 0 Å². The molecule has 0 aliphatic rings. The molecule has 0 aliphatic carbocycles. The third-order valence-corrected chi connectivity index (χ3v) is 1.67. The van der Waals surface area contributed by atoms with Gasteiger partial charge in [-0.15, -0.1) is 0 Å². The van der Waals surface area contributed by atoms with E-state index in [0.717, 1.165) is 0 Å². The molecule has 0 saturated carbocycles. The van der Waals surface area contributed by atoms with Gasteiger partial charge in [0.1, 0.15) is 0 Å². The van der Waals surface area contributed by atoms with Crippen LogP contribution in [0.25, 0.3) is 0 Å². The van der Waals surface area contributed by atoms with Crippen molar-refractivity contribution in [2.75, 3.05) is 26.4 Å². The zero-order valence-electron chi connectivity index (χ0n) is 6.28. The lowest BCUT2D eigenvalue weighted by Gasteiger charge is -2.14. The molecule has 5 heteroatoms. The van der Waals surface area contributed by atoms with E-state index in [4.69, 9.17) is 10.3 Å². The van der Waals surface area contributed by atoms with Crippen molar-refractivity contribution in [3.8, 4) is 0 Å². The molecule has 0 aromatic carbocycles. The van der Waals surface area contributed by atoms with Crippen LogP contribution in [-0.2, 0) is 11.1 Å². The van der Waals surface area contributed by atoms with Gasteiger partial charge in [-0.1, -0.05) is 0 Å². The van der Waals surface area contributed by atoms with E-state index in [0.29, 0.717) is 6.54 Å². The highest BCUT2D eigenvalue weighted by molar-refractivity contribution is 7.79. The van der Waals surface area contributed by atoms with Crippen molar-refractivity contribution in [2.45, 2.75) is 6.04 Å². The number of hydrogen-bond acceptors (Lipinski definition) is 3. The molecule has 10 heavy (non-hydrogen) atoms. The van der Waals surface area contributed by atoms with Gasteiger partial charge in [-0.25, -0.2) is 4.21 Å². The second kappa shape index (κ2) is 4.79. The number of nitrogens with two attached hydrogens (primary N) is 1. The van der Waals surface area contributed by atoms with Gasteiger partial charge in [0.05, 0.1) is 5.75 Å². The lowest BCUT2D eigenvalue weighted by Crippen LogP contribution is -2.37. The lowest BCUT2D eigenvalue weighted by atomic mass is 10.3. The van der Waals surface area contributed by atoms with Gasteiger partial charge in [0, 0.05) is 12.6 Å². The van der Waals surface area contributed by atoms with E-state index in [9.17, 15) is 4.21 Å². The molecule has 3 N–H and O–H groups in total. The highest BCUT2D eigenvalue weighted by Crippen LogP contribution is 1.84. The van der Waals surface area contributed by atoms with Crippen molar-refractivity contribution < 1.29 is 8.76 Å². The summed E-state index contributed by atoms with van der Waals surface area (Å²) in [6, 6.07) is -0.208. The summed E-state index contributed by atoms with van der Waals surface area (Å²) in [4.78, 5) is 1.89. The van der Waals surface area contributed by atoms with Crippen LogP contribution in [0.4, 0.5) is 0 Å². The van der Waals surface area contributed by atoms with E-state index in [2.05, 4.69) is 0 Å². The number of likely N-dealkylation sites (N-methyl/N-ethyl adjacent to an activating group) is 1. The van der Waals surface area contributed by atoms with Gasteiger partial charge in [0.15, 0.2) is 11.1 Å². The average molecular weight is 166 g/mol. The fourth-order valence-corrected chi connectivity index (χ4v) is 1.18. The highest BCUT2D eigenvalue weighted by Gasteiger charge is 2.06. The normalized spacial score (nSPS) is 17.3. The van der Waals surface area contributed by atoms with Crippen LogP contribution in [0.1, 0.15) is 0 Å². The van der Waals surface area contributed by atoms with Gasteiger partial charge < -0.3 is 15.2 Å². The zero-order valence-corrected chi connectivity index (χ0v) is 7.10. The Balaban J connectivity index is 3.43. The monoisotopic (exact) mass is 166 g/mol. The lowest BCUT2D eigenvalue weighted by molar-refractivity contribution is 0.382. The molecule has 0 aliphatic heterocycles. The maximum absolute atomic E-state index is 10.2. The molecule has 0 bridgehead atoms. The standard InChI is InChI=1S/C5H14N2O2S/c1-7(2)3-5(6)4-10(8)9/h5H,3-4,6H2,1-2H3,(H,8,9)/t5-/m1/s1. The summed E-state index contributed by atoms with van der Waals surface area (Å²) in [5.41, 5.74) is 5.48. The Morgan fingerprint density at radius 2 is 2.20 bits per heavy atom. The van der Waals surface area contributed by atoms with Crippen LogP contribution in [0.3, 0.4) is 0 Å². The maximum atomic E-state index is 10.2. The number of rotatable bonds is 4. The molecular formula is C5H14N2O2S. The molecule has 62 valence electrons. The fourth-order valence-electron chi connectivity index (χ4n) is 0.705. The van der Waals surface area contributed by atoms with Crippen molar-refractivity contribution >= 4 is 11.1 Å². The van der Waals surface area contributed by atoms with Gasteiger partial charge in [-0.2, -0.15) is 0 Å². The summed E-state index contributed by atoms with van der Waals surface area (Å²) >= 11 is -1.76. The molecule has 0 spiro atoms. The fraction of sp³-hybridized carbons (Fsp3) is 1.00. The van der Waals surface area contributed by atoms with Crippen LogP contribution in [-0.4, -0.2) is 46.1 Å². The van der Waals surface area contributed by atoms with E-state index in [-0.39, 0.29) is 11.8 Å². The predicted molar refractivity (Wildman–Crippen MR) is 42.2 cm³/mol. The minimum Gasteiger partial charge on any atom is -0.326 e. The van der Waals surface area contributed by atoms with Crippen molar-refractivity contribution in [1.29, 1.82) is 0 Å². The third-order valence-electron chi connectivity index (χ3n) is 0.956. The molecule has 0 saturated heterocycles. The highest BCUT2D eigenvalue weighted by atomic mass is 32.2. The molecule has 1 unspecified atom stereocenters. The molecule has 2 atom stereocenters. The van der Waals surface area contributed by atoms with Crippen molar-refractivity contribution in [3.05, 3.63) is 0 Å². The van der Waals surface area contributed by atoms with Crippen LogP contribution in [0.5, 0.6) is 0 Å². The van der Waals surface area contributed by atoms with E-state index in [1.54, 1.807) is 0 Å². The smallest absolute Gasteiger partial charge is 0.154 e. The predicted octanol–water partition coefficient (Wildman–Crippen LogP) is -0.903. The largest absolute Gasteiger partial charge is 0.326 e. The molecule has 4 nitrogen and oxygen atoms in total. The van der Waals surface area contributed by atoms with Crippen molar-refractivity contribution in [3.63, 3.8) is 0 Å². The first kappa shape index (κ1) is 10.0. The van der Waals surface area contributed by atoms with Gasteiger partial charge in [0.2, 0.25) is 0 Å². The maximum Gasteiger partial charge on any atom is 0.154 e. The minimum absolute atomic E-state index is 0.151. The first-order chi connectivity index (χ1) is 4.52. The Hall–Kier alpha value is 0.0300. The van der Waals surface area contributed by atoms with E-state index >= 15 is 0 Å². The van der Waals surface area contributed by atoms with E-state index in [1.165, 1.54) is 0 Å². The van der Waals surface area contributed by atoms with Gasteiger partial charge in [-0.05, 0) is 14.1 Å². The van der Waals surface area contributed by atoms with Crippen LogP contribution < -0.4 is 5.73 Å². The first-order valence-corrected chi connectivity index (χ1v) is 4.27. The molecular weight excluding hydrogens is 152 g/mol. The molecule has 0 amide bonds. The summed E-state index contributed by atoms with van der Waals surface area (Å²) in [6.45, 7) is 0.645. The SMILES string of the molecule is CN(C)C[C@@H](N)CS(=O)O. The van der Waals surface area contributed by atoms with E-state index < -0.39 is 11.1 Å². The summed E-state index contributed by atoms with van der Waals surface area (Å²) in [5.74, 6) is 0.151. The molecule has 0 aromatic rings. The van der Waals surface area contributed by atoms with Gasteiger partial charge >= 0.3 is 0 Å². The summed E-state index contributed by atoms with van der Waals surface area (Å²) in [7, 11) is 3.75. The Morgan fingerprint density at radius 1 is 1.70 bits per heavy atom. The molecule has 0 rings (SSSR count). The molecule has 0 fully saturated rings. The second-order valence-electron chi connectivity index (χ2n) is 2.51. The topological polar surface area (TPSA) is 66.6 Å². The minimum atomic E-state index is -1.76. The second-order valence-corrected chi connectivity index (χ2v) is 3.49. The van der Waals surface area contributed by atoms with Gasteiger partial charge in [0.25, 0.3) is 0 Å². The van der Waals surface area contributed by atoms with Crippen LogP contribution in [0.2, 0.25) is 0 Å². The average Bonchev–Trinajstić information content (AvgIpc) is 1.58. The van der Waals surface area contributed by atoms with Crippen molar-refractivity contribution in [1.82, 2.24) is 4.90 Å². The summed E-state index contributed by atoms with van der Waals surface area (Å²) in [5, 5.41) is 0. The molecule has 0 aromatic heterocycles.